The molecule has 0 aliphatic carbocycles. The Morgan fingerprint density at radius 3 is 1.89 bits per heavy atom. The van der Waals surface area contributed by atoms with Crippen LogP contribution in [-0.2, 0) is 0 Å². The normalized spacial score (nSPS) is 19.9. The fraction of sp³-hybridized carbons (Fsp3) is 0.692. The fourth-order valence-corrected chi connectivity index (χ4v) is 2.15. The van der Waals surface area contributed by atoms with Crippen molar-refractivity contribution in [1.29, 1.82) is 0 Å². The molecule has 2 fully saturated rings. The van der Waals surface area contributed by atoms with E-state index in [9.17, 15) is 0 Å². The number of nitrogens with one attached hydrogen (secondary N) is 2. The van der Waals surface area contributed by atoms with E-state index in [0.717, 1.165) is 45.2 Å². The second kappa shape index (κ2) is 8.00. The molecule has 1 aromatic rings. The van der Waals surface area contributed by atoms with E-state index < -0.39 is 0 Å². The van der Waals surface area contributed by atoms with Crippen molar-refractivity contribution in [1.82, 2.24) is 20.6 Å². The Morgan fingerprint density at radius 2 is 1.39 bits per heavy atom. The quantitative estimate of drug-likeness (QED) is 0.765. The third-order valence-electron chi connectivity index (χ3n) is 3.15. The zero-order chi connectivity index (χ0) is 12.5. The maximum atomic E-state index is 4.22. The predicted octanol–water partition coefficient (Wildman–Crippen LogP) is 0.646. The van der Waals surface area contributed by atoms with Crippen molar-refractivity contribution >= 4 is 5.95 Å². The Kier molecular flexibility index (Phi) is 5.88. The molecule has 2 aliphatic rings. The average Bonchev–Trinajstić information content (AvgIpc) is 2.51. The highest BCUT2D eigenvalue weighted by Crippen LogP contribution is 2.13. The summed E-state index contributed by atoms with van der Waals surface area (Å²) in [6, 6.07) is 1.85. The summed E-state index contributed by atoms with van der Waals surface area (Å²) in [5, 5.41) is 6.44. The second-order valence-electron chi connectivity index (χ2n) is 4.60. The summed E-state index contributed by atoms with van der Waals surface area (Å²) < 4.78 is 0. The Morgan fingerprint density at radius 1 is 0.833 bits per heavy atom. The summed E-state index contributed by atoms with van der Waals surface area (Å²) in [4.78, 5) is 10.7. The number of nitrogens with zero attached hydrogens (tertiary/aromatic N) is 3. The van der Waals surface area contributed by atoms with Gasteiger partial charge in [-0.1, -0.05) is 0 Å². The molecule has 100 valence electrons. The first kappa shape index (κ1) is 13.2. The van der Waals surface area contributed by atoms with Crippen LogP contribution >= 0.6 is 0 Å². The number of hydrogen-bond donors (Lipinski definition) is 2. The molecule has 2 saturated heterocycles. The molecule has 0 atom stereocenters. The van der Waals surface area contributed by atoms with E-state index in [4.69, 9.17) is 0 Å². The van der Waals surface area contributed by atoms with Crippen LogP contribution in [0.1, 0.15) is 19.3 Å². The van der Waals surface area contributed by atoms with Crippen LogP contribution in [0.15, 0.2) is 18.5 Å². The van der Waals surface area contributed by atoms with Crippen LogP contribution in [0.3, 0.4) is 0 Å². The fourth-order valence-electron chi connectivity index (χ4n) is 2.15. The summed E-state index contributed by atoms with van der Waals surface area (Å²) in [6.45, 7) is 6.79. The molecule has 18 heavy (non-hydrogen) atoms. The van der Waals surface area contributed by atoms with Gasteiger partial charge in [0, 0.05) is 51.7 Å². The van der Waals surface area contributed by atoms with Crippen molar-refractivity contribution in [3.8, 4) is 0 Å². The third kappa shape index (κ3) is 4.58. The first-order valence-corrected chi connectivity index (χ1v) is 6.90. The molecule has 0 aromatic carbocycles. The van der Waals surface area contributed by atoms with Gasteiger partial charge in [0.25, 0.3) is 0 Å². The summed E-state index contributed by atoms with van der Waals surface area (Å²) in [5.74, 6) is 0.886. The first-order valence-electron chi connectivity index (χ1n) is 6.90. The van der Waals surface area contributed by atoms with Gasteiger partial charge in [0.05, 0.1) is 0 Å². The van der Waals surface area contributed by atoms with Crippen molar-refractivity contribution < 1.29 is 0 Å². The van der Waals surface area contributed by atoms with Gasteiger partial charge in [-0.15, -0.1) is 0 Å². The molecule has 0 spiro atoms. The highest BCUT2D eigenvalue weighted by atomic mass is 15.2. The maximum Gasteiger partial charge on any atom is 0.225 e. The number of anilines is 1. The lowest BCUT2D eigenvalue weighted by Gasteiger charge is -2.26. The smallest absolute Gasteiger partial charge is 0.225 e. The molecular formula is C13H23N5. The van der Waals surface area contributed by atoms with Gasteiger partial charge in [0.15, 0.2) is 0 Å². The van der Waals surface area contributed by atoms with Crippen molar-refractivity contribution in [2.75, 3.05) is 44.2 Å². The number of piperidine rings is 1. The van der Waals surface area contributed by atoms with E-state index in [-0.39, 0.29) is 0 Å². The standard InChI is InChI=1S/C9H13N3.C4H10N2/c1-2-7-12(8-3-1)9-10-5-4-6-11-9;1-2-6-4-3-5-1/h4-6H,1-3,7-8H2;5-6H,1-4H2. The Balaban J connectivity index is 0.000000169. The van der Waals surface area contributed by atoms with Crippen LogP contribution in [0.5, 0.6) is 0 Å². The van der Waals surface area contributed by atoms with E-state index in [0.29, 0.717) is 0 Å². The second-order valence-corrected chi connectivity index (χ2v) is 4.60. The van der Waals surface area contributed by atoms with Gasteiger partial charge < -0.3 is 15.5 Å². The molecule has 3 rings (SSSR count). The molecule has 1 aromatic heterocycles. The van der Waals surface area contributed by atoms with Gasteiger partial charge in [-0.05, 0) is 25.3 Å². The zero-order valence-corrected chi connectivity index (χ0v) is 10.9. The van der Waals surface area contributed by atoms with E-state index in [2.05, 4.69) is 25.5 Å². The molecule has 3 heterocycles. The average molecular weight is 249 g/mol. The molecule has 0 amide bonds. The molecule has 5 nitrogen and oxygen atoms in total. The molecule has 0 radical (unpaired) electrons. The zero-order valence-electron chi connectivity index (χ0n) is 10.9. The monoisotopic (exact) mass is 249 g/mol. The molecule has 0 saturated carbocycles. The summed E-state index contributed by atoms with van der Waals surface area (Å²) >= 11 is 0. The molecule has 0 unspecified atom stereocenters. The van der Waals surface area contributed by atoms with Crippen LogP contribution < -0.4 is 15.5 Å². The highest BCUT2D eigenvalue weighted by Gasteiger charge is 2.11. The van der Waals surface area contributed by atoms with Gasteiger partial charge in [-0.25, -0.2) is 9.97 Å². The van der Waals surface area contributed by atoms with Crippen molar-refractivity contribution in [2.24, 2.45) is 0 Å². The Labute approximate surface area is 109 Å². The van der Waals surface area contributed by atoms with Gasteiger partial charge in [-0.3, -0.25) is 0 Å². The van der Waals surface area contributed by atoms with Crippen LogP contribution in [0.25, 0.3) is 0 Å². The van der Waals surface area contributed by atoms with E-state index in [1.165, 1.54) is 19.3 Å². The number of hydrogen-bond acceptors (Lipinski definition) is 5. The SMILES string of the molecule is C1CNCCN1.c1cnc(N2CCCCC2)nc1. The van der Waals surface area contributed by atoms with Gasteiger partial charge in [0.2, 0.25) is 5.95 Å². The summed E-state index contributed by atoms with van der Waals surface area (Å²) in [6.07, 6.45) is 7.51. The van der Waals surface area contributed by atoms with Gasteiger partial charge in [0.1, 0.15) is 0 Å². The topological polar surface area (TPSA) is 53.1 Å². The maximum absolute atomic E-state index is 4.22. The van der Waals surface area contributed by atoms with E-state index in [1.807, 2.05) is 6.07 Å². The van der Waals surface area contributed by atoms with Crippen molar-refractivity contribution in [2.45, 2.75) is 19.3 Å². The van der Waals surface area contributed by atoms with E-state index >= 15 is 0 Å². The third-order valence-corrected chi connectivity index (χ3v) is 3.15. The van der Waals surface area contributed by atoms with Crippen LogP contribution in [0.4, 0.5) is 5.95 Å². The first-order chi connectivity index (χ1) is 8.97. The predicted molar refractivity (Wildman–Crippen MR) is 73.8 cm³/mol. The number of piperazine rings is 1. The lowest BCUT2D eigenvalue weighted by atomic mass is 10.1. The Hall–Kier alpha value is -1.20. The molecule has 0 bridgehead atoms. The molecule has 5 heteroatoms. The van der Waals surface area contributed by atoms with Crippen LogP contribution in [-0.4, -0.2) is 49.2 Å². The lowest BCUT2D eigenvalue weighted by molar-refractivity contribution is 0.534. The number of rotatable bonds is 1. The molecule has 2 aliphatic heterocycles. The molecule has 2 N–H and O–H groups in total. The minimum Gasteiger partial charge on any atom is -0.341 e. The lowest BCUT2D eigenvalue weighted by Crippen LogP contribution is -2.39. The molecular weight excluding hydrogens is 226 g/mol. The number of aromatic nitrogens is 2. The minimum absolute atomic E-state index is 0.886. The minimum atomic E-state index is 0.886. The largest absolute Gasteiger partial charge is 0.341 e. The van der Waals surface area contributed by atoms with Crippen LogP contribution in [0.2, 0.25) is 0 Å². The highest BCUT2D eigenvalue weighted by molar-refractivity contribution is 5.28. The van der Waals surface area contributed by atoms with Gasteiger partial charge in [-0.2, -0.15) is 0 Å². The van der Waals surface area contributed by atoms with E-state index in [1.54, 1.807) is 12.4 Å². The summed E-state index contributed by atoms with van der Waals surface area (Å²) in [5.41, 5.74) is 0. The van der Waals surface area contributed by atoms with Crippen molar-refractivity contribution in [3.05, 3.63) is 18.5 Å². The van der Waals surface area contributed by atoms with Crippen LogP contribution in [0, 0.1) is 0 Å². The van der Waals surface area contributed by atoms with Gasteiger partial charge >= 0.3 is 0 Å². The Bertz CT molecular complexity index is 295. The summed E-state index contributed by atoms with van der Waals surface area (Å²) in [7, 11) is 0. The van der Waals surface area contributed by atoms with Crippen molar-refractivity contribution in [3.63, 3.8) is 0 Å².